The largest absolute Gasteiger partial charge is 0.338 e. The highest BCUT2D eigenvalue weighted by atomic mass is 16.2. The van der Waals surface area contributed by atoms with Crippen molar-refractivity contribution < 1.29 is 4.79 Å². The van der Waals surface area contributed by atoms with Crippen LogP contribution in [-0.4, -0.2) is 36.1 Å². The Balaban J connectivity index is 4.49. The fraction of sp³-hybridized carbons (Fsp3) is 0.900. The first-order chi connectivity index (χ1) is 6.49. The van der Waals surface area contributed by atoms with Gasteiger partial charge in [0.1, 0.15) is 0 Å². The maximum atomic E-state index is 11.7. The zero-order valence-corrected chi connectivity index (χ0v) is 9.76. The topological polar surface area (TPSA) is 58.4 Å². The van der Waals surface area contributed by atoms with Gasteiger partial charge in [-0.3, -0.25) is 0 Å². The van der Waals surface area contributed by atoms with Gasteiger partial charge in [0.15, 0.2) is 0 Å². The number of carbonyl (C=O) groups is 1. The van der Waals surface area contributed by atoms with Crippen LogP contribution in [-0.2, 0) is 0 Å². The molecule has 0 bridgehead atoms. The van der Waals surface area contributed by atoms with Gasteiger partial charge in [-0.2, -0.15) is 0 Å². The number of rotatable bonds is 5. The number of carbonyl (C=O) groups excluding carboxylic acids is 1. The van der Waals surface area contributed by atoms with E-state index in [0.29, 0.717) is 13.1 Å². The van der Waals surface area contributed by atoms with E-state index in [1.807, 2.05) is 20.8 Å². The van der Waals surface area contributed by atoms with E-state index in [0.717, 1.165) is 13.0 Å². The molecule has 14 heavy (non-hydrogen) atoms. The lowest BCUT2D eigenvalue weighted by atomic mass is 10.0. The van der Waals surface area contributed by atoms with E-state index in [2.05, 4.69) is 12.2 Å². The third-order valence-electron chi connectivity index (χ3n) is 2.25. The molecule has 0 saturated carbocycles. The van der Waals surface area contributed by atoms with Crippen LogP contribution in [0.25, 0.3) is 0 Å². The summed E-state index contributed by atoms with van der Waals surface area (Å²) in [7, 11) is 0. The second-order valence-electron chi connectivity index (χ2n) is 4.00. The minimum atomic E-state index is -0.269. The molecule has 0 fully saturated rings. The van der Waals surface area contributed by atoms with Crippen LogP contribution in [0.5, 0.6) is 0 Å². The predicted molar refractivity (Wildman–Crippen MR) is 59.2 cm³/mol. The van der Waals surface area contributed by atoms with Gasteiger partial charge in [0.05, 0.1) is 5.54 Å². The molecule has 0 aromatic heterocycles. The van der Waals surface area contributed by atoms with E-state index >= 15 is 0 Å². The van der Waals surface area contributed by atoms with Crippen molar-refractivity contribution in [2.45, 2.75) is 39.7 Å². The minimum absolute atomic E-state index is 0.0233. The summed E-state index contributed by atoms with van der Waals surface area (Å²) in [5, 5.41) is 2.80. The molecule has 0 aliphatic carbocycles. The van der Waals surface area contributed by atoms with Crippen molar-refractivity contribution in [3.8, 4) is 0 Å². The second kappa shape index (κ2) is 5.86. The van der Waals surface area contributed by atoms with Crippen LogP contribution in [0.4, 0.5) is 4.79 Å². The molecule has 0 atom stereocenters. The number of hydrogen-bond donors (Lipinski definition) is 2. The van der Waals surface area contributed by atoms with Gasteiger partial charge in [-0.05, 0) is 27.2 Å². The Morgan fingerprint density at radius 2 is 2.00 bits per heavy atom. The summed E-state index contributed by atoms with van der Waals surface area (Å²) in [5.74, 6) is 0. The molecule has 0 aliphatic heterocycles. The average Bonchev–Trinajstić information content (AvgIpc) is 2.14. The molecule has 0 radical (unpaired) electrons. The molecule has 2 amide bonds. The van der Waals surface area contributed by atoms with Crippen molar-refractivity contribution in [1.29, 1.82) is 0 Å². The lowest BCUT2D eigenvalue weighted by molar-refractivity contribution is 0.139. The summed E-state index contributed by atoms with van der Waals surface area (Å²) in [4.78, 5) is 13.5. The summed E-state index contributed by atoms with van der Waals surface area (Å²) >= 11 is 0. The molecule has 0 aromatic carbocycles. The summed E-state index contributed by atoms with van der Waals surface area (Å²) < 4.78 is 0. The van der Waals surface area contributed by atoms with Crippen LogP contribution in [0.2, 0.25) is 0 Å². The summed E-state index contributed by atoms with van der Waals surface area (Å²) in [6.07, 6.45) is 0.945. The third kappa shape index (κ3) is 3.54. The molecule has 0 rings (SSSR count). The Bertz CT molecular complexity index is 180. The fourth-order valence-corrected chi connectivity index (χ4v) is 1.26. The maximum absolute atomic E-state index is 11.7. The zero-order valence-electron chi connectivity index (χ0n) is 9.76. The monoisotopic (exact) mass is 201 g/mol. The average molecular weight is 201 g/mol. The first-order valence-electron chi connectivity index (χ1n) is 5.25. The lowest BCUT2D eigenvalue weighted by Gasteiger charge is -2.37. The lowest BCUT2D eigenvalue weighted by Crippen LogP contribution is -2.55. The molecule has 0 saturated heterocycles. The van der Waals surface area contributed by atoms with Crippen LogP contribution >= 0.6 is 0 Å². The quantitative estimate of drug-likeness (QED) is 0.701. The summed E-state index contributed by atoms with van der Waals surface area (Å²) in [6.45, 7) is 9.81. The van der Waals surface area contributed by atoms with Crippen molar-refractivity contribution in [3.63, 3.8) is 0 Å². The summed E-state index contributed by atoms with van der Waals surface area (Å²) in [6, 6.07) is -0.0233. The van der Waals surface area contributed by atoms with Gasteiger partial charge in [-0.1, -0.05) is 6.92 Å². The van der Waals surface area contributed by atoms with Crippen molar-refractivity contribution >= 4 is 6.03 Å². The number of hydrogen-bond acceptors (Lipinski definition) is 2. The number of nitrogens with zero attached hydrogens (tertiary/aromatic N) is 1. The zero-order chi connectivity index (χ0) is 11.2. The van der Waals surface area contributed by atoms with E-state index in [1.54, 1.807) is 4.90 Å². The summed E-state index contributed by atoms with van der Waals surface area (Å²) in [5.41, 5.74) is 5.38. The SMILES string of the molecule is CCCN(C(=O)NCC)C(C)(C)CN. The van der Waals surface area contributed by atoms with Crippen LogP contribution < -0.4 is 11.1 Å². The van der Waals surface area contributed by atoms with Gasteiger partial charge in [-0.25, -0.2) is 4.79 Å². The first-order valence-corrected chi connectivity index (χ1v) is 5.25. The molecule has 4 nitrogen and oxygen atoms in total. The second-order valence-corrected chi connectivity index (χ2v) is 4.00. The minimum Gasteiger partial charge on any atom is -0.338 e. The number of nitrogens with one attached hydrogen (secondary N) is 1. The highest BCUT2D eigenvalue weighted by Crippen LogP contribution is 2.13. The third-order valence-corrected chi connectivity index (χ3v) is 2.25. The van der Waals surface area contributed by atoms with Crippen molar-refractivity contribution in [2.75, 3.05) is 19.6 Å². The van der Waals surface area contributed by atoms with Crippen LogP contribution in [0, 0.1) is 0 Å². The highest BCUT2D eigenvalue weighted by Gasteiger charge is 2.28. The first kappa shape index (κ1) is 13.2. The van der Waals surface area contributed by atoms with E-state index in [-0.39, 0.29) is 11.6 Å². The number of nitrogens with two attached hydrogens (primary N) is 1. The number of amides is 2. The number of urea groups is 1. The highest BCUT2D eigenvalue weighted by molar-refractivity contribution is 5.75. The van der Waals surface area contributed by atoms with E-state index in [9.17, 15) is 4.79 Å². The van der Waals surface area contributed by atoms with Crippen molar-refractivity contribution in [1.82, 2.24) is 10.2 Å². The van der Waals surface area contributed by atoms with Crippen LogP contribution in [0.15, 0.2) is 0 Å². The maximum Gasteiger partial charge on any atom is 0.317 e. The Hall–Kier alpha value is -0.770. The van der Waals surface area contributed by atoms with Gasteiger partial charge >= 0.3 is 6.03 Å². The van der Waals surface area contributed by atoms with Crippen molar-refractivity contribution in [2.24, 2.45) is 5.73 Å². The Morgan fingerprint density at radius 3 is 2.36 bits per heavy atom. The molecule has 0 aliphatic rings. The molecule has 0 heterocycles. The smallest absolute Gasteiger partial charge is 0.317 e. The van der Waals surface area contributed by atoms with Crippen LogP contribution in [0.1, 0.15) is 34.1 Å². The molecule has 84 valence electrons. The Morgan fingerprint density at radius 1 is 1.43 bits per heavy atom. The Labute approximate surface area is 86.8 Å². The molecular formula is C10H23N3O. The van der Waals surface area contributed by atoms with Gasteiger partial charge < -0.3 is 16.0 Å². The molecule has 0 unspecified atom stereocenters. The van der Waals surface area contributed by atoms with E-state index < -0.39 is 0 Å². The molecule has 0 spiro atoms. The van der Waals surface area contributed by atoms with Crippen molar-refractivity contribution in [3.05, 3.63) is 0 Å². The van der Waals surface area contributed by atoms with Gasteiger partial charge in [0.2, 0.25) is 0 Å². The normalized spacial score (nSPS) is 11.2. The van der Waals surface area contributed by atoms with E-state index in [1.165, 1.54) is 0 Å². The van der Waals surface area contributed by atoms with Gasteiger partial charge in [-0.15, -0.1) is 0 Å². The predicted octanol–water partition coefficient (Wildman–Crippen LogP) is 1.17. The Kier molecular flexibility index (Phi) is 5.53. The fourth-order valence-electron chi connectivity index (χ4n) is 1.26. The van der Waals surface area contributed by atoms with Gasteiger partial charge in [0.25, 0.3) is 0 Å². The molecule has 4 heteroatoms. The van der Waals surface area contributed by atoms with E-state index in [4.69, 9.17) is 5.73 Å². The van der Waals surface area contributed by atoms with Crippen LogP contribution in [0.3, 0.4) is 0 Å². The molecule has 3 N–H and O–H groups in total. The van der Waals surface area contributed by atoms with Gasteiger partial charge in [0, 0.05) is 19.6 Å². The molecule has 0 aromatic rings. The standard InChI is InChI=1S/C10H23N3O/c1-5-7-13(9(14)12-6-2)10(3,4)8-11/h5-8,11H2,1-4H3,(H,12,14). The molecular weight excluding hydrogens is 178 g/mol.